The van der Waals surface area contributed by atoms with Gasteiger partial charge in [-0.2, -0.15) is 0 Å². The summed E-state index contributed by atoms with van der Waals surface area (Å²) in [6.07, 6.45) is 0.918. The van der Waals surface area contributed by atoms with Crippen molar-refractivity contribution in [1.82, 2.24) is 9.80 Å². The molecule has 2 heterocycles. The van der Waals surface area contributed by atoms with E-state index in [2.05, 4.69) is 5.32 Å². The number of hydrogen-bond acceptors (Lipinski definition) is 6. The second-order valence-electron chi connectivity index (χ2n) is 7.82. The lowest BCUT2D eigenvalue weighted by atomic mass is 10.1. The molecule has 0 saturated carbocycles. The summed E-state index contributed by atoms with van der Waals surface area (Å²) in [5, 5.41) is 3.29. The van der Waals surface area contributed by atoms with Crippen molar-refractivity contribution in [2.45, 2.75) is 39.3 Å². The first-order chi connectivity index (χ1) is 16.0. The van der Waals surface area contributed by atoms with Crippen LogP contribution in [0.25, 0.3) is 0 Å². The molecular formula is C24H27N3O5S. The van der Waals surface area contributed by atoms with Gasteiger partial charge in [-0.25, -0.2) is 0 Å². The van der Waals surface area contributed by atoms with E-state index in [4.69, 9.17) is 26.4 Å². The third-order valence-corrected chi connectivity index (χ3v) is 5.95. The van der Waals surface area contributed by atoms with Gasteiger partial charge in [-0.3, -0.25) is 14.5 Å². The highest BCUT2D eigenvalue weighted by Gasteiger charge is 2.42. The maximum absolute atomic E-state index is 13.0. The van der Waals surface area contributed by atoms with Gasteiger partial charge in [0.05, 0.1) is 13.0 Å². The van der Waals surface area contributed by atoms with Crippen LogP contribution >= 0.6 is 12.2 Å². The Kier molecular flexibility index (Phi) is 6.98. The number of carbonyl (C=O) groups excluding carboxylic acids is 2. The summed E-state index contributed by atoms with van der Waals surface area (Å²) in [4.78, 5) is 29.2. The minimum Gasteiger partial charge on any atom is -0.494 e. The van der Waals surface area contributed by atoms with E-state index in [9.17, 15) is 9.59 Å². The van der Waals surface area contributed by atoms with E-state index in [1.165, 1.54) is 0 Å². The second-order valence-corrected chi connectivity index (χ2v) is 8.19. The number of fused-ring (bicyclic) bond motifs is 1. The molecule has 0 spiro atoms. The van der Waals surface area contributed by atoms with Crippen LogP contribution in [-0.4, -0.2) is 52.7 Å². The van der Waals surface area contributed by atoms with Crippen LogP contribution in [0.1, 0.15) is 32.3 Å². The molecule has 1 saturated heterocycles. The summed E-state index contributed by atoms with van der Waals surface area (Å²) in [7, 11) is 0. The maximum atomic E-state index is 13.0. The minimum atomic E-state index is -0.671. The van der Waals surface area contributed by atoms with Crippen LogP contribution in [0.5, 0.6) is 17.2 Å². The zero-order valence-electron chi connectivity index (χ0n) is 18.7. The first-order valence-corrected chi connectivity index (χ1v) is 11.4. The van der Waals surface area contributed by atoms with E-state index in [1.807, 2.05) is 44.2 Å². The third-order valence-electron chi connectivity index (χ3n) is 5.50. The number of hydrogen-bond donors (Lipinski definition) is 1. The topological polar surface area (TPSA) is 80.3 Å². The SMILES string of the molecule is CCCOc1ccc(NC(=O)C[C@H]2C(=O)N(CC)C(=S)N2Cc2ccc3c(c2)OCO3)cc1. The normalized spacial score (nSPS) is 17.0. The third kappa shape index (κ3) is 5.03. The molecule has 2 aromatic rings. The molecule has 1 fully saturated rings. The number of nitrogens with zero attached hydrogens (tertiary/aromatic N) is 2. The van der Waals surface area contributed by atoms with E-state index >= 15 is 0 Å². The monoisotopic (exact) mass is 469 g/mol. The summed E-state index contributed by atoms with van der Waals surface area (Å²) in [5.74, 6) is 1.68. The van der Waals surface area contributed by atoms with Crippen LogP contribution in [-0.2, 0) is 16.1 Å². The Bertz CT molecular complexity index is 1040. The number of carbonyl (C=O) groups is 2. The van der Waals surface area contributed by atoms with E-state index in [-0.39, 0.29) is 25.0 Å². The number of thiocarbonyl (C=S) groups is 1. The smallest absolute Gasteiger partial charge is 0.252 e. The fourth-order valence-corrected chi connectivity index (χ4v) is 4.25. The van der Waals surface area contributed by atoms with Gasteiger partial charge in [0.25, 0.3) is 5.91 Å². The highest BCUT2D eigenvalue weighted by Crippen LogP contribution is 2.34. The zero-order valence-corrected chi connectivity index (χ0v) is 19.5. The predicted molar refractivity (Wildman–Crippen MR) is 127 cm³/mol. The Labute approximate surface area is 198 Å². The molecule has 0 bridgehead atoms. The highest BCUT2D eigenvalue weighted by atomic mass is 32.1. The highest BCUT2D eigenvalue weighted by molar-refractivity contribution is 7.80. The molecule has 1 N–H and O–H groups in total. The number of ether oxygens (including phenoxy) is 3. The number of benzene rings is 2. The molecule has 2 aliphatic heterocycles. The summed E-state index contributed by atoms with van der Waals surface area (Å²) in [5.41, 5.74) is 1.56. The summed E-state index contributed by atoms with van der Waals surface area (Å²) in [6, 6.07) is 12.1. The molecule has 0 radical (unpaired) electrons. The number of anilines is 1. The van der Waals surface area contributed by atoms with Crippen molar-refractivity contribution in [2.75, 3.05) is 25.3 Å². The van der Waals surface area contributed by atoms with Crippen LogP contribution in [0.15, 0.2) is 42.5 Å². The lowest BCUT2D eigenvalue weighted by molar-refractivity contribution is -0.130. The first-order valence-electron chi connectivity index (χ1n) is 11.0. The molecule has 8 nitrogen and oxygen atoms in total. The van der Waals surface area contributed by atoms with Crippen molar-refractivity contribution in [2.24, 2.45) is 0 Å². The lowest BCUT2D eigenvalue weighted by Gasteiger charge is -2.24. The molecule has 174 valence electrons. The van der Waals surface area contributed by atoms with E-state index in [0.717, 1.165) is 17.7 Å². The van der Waals surface area contributed by atoms with Crippen LogP contribution in [0.4, 0.5) is 5.69 Å². The van der Waals surface area contributed by atoms with Crippen LogP contribution in [0.3, 0.4) is 0 Å². The van der Waals surface area contributed by atoms with E-state index in [1.54, 1.807) is 21.9 Å². The summed E-state index contributed by atoms with van der Waals surface area (Å²) >= 11 is 5.57. The van der Waals surface area contributed by atoms with Crippen molar-refractivity contribution < 1.29 is 23.8 Å². The molecule has 2 aromatic carbocycles. The minimum absolute atomic E-state index is 0.00584. The van der Waals surface area contributed by atoms with E-state index in [0.29, 0.717) is 42.0 Å². The summed E-state index contributed by atoms with van der Waals surface area (Å²) < 4.78 is 16.4. The van der Waals surface area contributed by atoms with Crippen molar-refractivity contribution >= 4 is 34.8 Å². The van der Waals surface area contributed by atoms with Crippen molar-refractivity contribution in [1.29, 1.82) is 0 Å². The van der Waals surface area contributed by atoms with Crippen molar-refractivity contribution in [3.05, 3.63) is 48.0 Å². The zero-order chi connectivity index (χ0) is 23.4. The number of likely N-dealkylation sites (N-methyl/N-ethyl adjacent to an activating group) is 1. The maximum Gasteiger partial charge on any atom is 0.252 e. The van der Waals surface area contributed by atoms with Gasteiger partial charge in [0, 0.05) is 18.8 Å². The number of amides is 2. The van der Waals surface area contributed by atoms with Gasteiger partial charge in [0.15, 0.2) is 16.6 Å². The Morgan fingerprint density at radius 2 is 1.91 bits per heavy atom. The number of nitrogens with one attached hydrogen (secondary N) is 1. The van der Waals surface area contributed by atoms with Gasteiger partial charge in [0.2, 0.25) is 12.7 Å². The van der Waals surface area contributed by atoms with Crippen molar-refractivity contribution in [3.63, 3.8) is 0 Å². The molecule has 9 heteroatoms. The molecule has 33 heavy (non-hydrogen) atoms. The molecule has 0 aliphatic carbocycles. The standard InChI is InChI=1S/C24H27N3O5S/c1-3-11-30-18-8-6-17(7-9-18)25-22(28)13-19-23(29)26(4-2)24(33)27(19)14-16-5-10-20-21(12-16)32-15-31-20/h5-10,12,19H,3-4,11,13-15H2,1-2H3,(H,25,28)/t19-/m0/s1. The van der Waals surface area contributed by atoms with Gasteiger partial charge < -0.3 is 24.4 Å². The predicted octanol–water partition coefficient (Wildman–Crippen LogP) is 3.55. The lowest BCUT2D eigenvalue weighted by Crippen LogP contribution is -2.37. The van der Waals surface area contributed by atoms with Crippen LogP contribution in [0.2, 0.25) is 0 Å². The number of rotatable bonds is 9. The molecule has 4 rings (SSSR count). The molecule has 1 atom stereocenters. The molecule has 2 aliphatic rings. The Morgan fingerprint density at radius 3 is 2.64 bits per heavy atom. The van der Waals surface area contributed by atoms with E-state index < -0.39 is 6.04 Å². The average Bonchev–Trinajstić information content (AvgIpc) is 3.36. The van der Waals surface area contributed by atoms with Crippen LogP contribution < -0.4 is 19.5 Å². The van der Waals surface area contributed by atoms with Crippen molar-refractivity contribution in [3.8, 4) is 17.2 Å². The molecule has 0 unspecified atom stereocenters. The van der Waals surface area contributed by atoms with Gasteiger partial charge >= 0.3 is 0 Å². The fourth-order valence-electron chi connectivity index (χ4n) is 3.84. The molecular weight excluding hydrogens is 442 g/mol. The van der Waals surface area contributed by atoms with Crippen LogP contribution in [0, 0.1) is 0 Å². The first kappa shape index (κ1) is 22.8. The largest absolute Gasteiger partial charge is 0.494 e. The Morgan fingerprint density at radius 1 is 1.15 bits per heavy atom. The van der Waals surface area contributed by atoms with Gasteiger partial charge in [0.1, 0.15) is 11.8 Å². The average molecular weight is 470 g/mol. The second kappa shape index (κ2) is 10.1. The van der Waals surface area contributed by atoms with Gasteiger partial charge in [-0.1, -0.05) is 13.0 Å². The summed E-state index contributed by atoms with van der Waals surface area (Å²) in [6.45, 7) is 5.58. The fraction of sp³-hybridized carbons (Fsp3) is 0.375. The molecule has 2 amide bonds. The van der Waals surface area contributed by atoms with Gasteiger partial charge in [-0.05, 0) is 67.5 Å². The molecule has 0 aromatic heterocycles. The Balaban J connectivity index is 1.45. The Hall–Kier alpha value is -3.33. The van der Waals surface area contributed by atoms with Gasteiger partial charge in [-0.15, -0.1) is 0 Å². The quantitative estimate of drug-likeness (QED) is 0.563.